The summed E-state index contributed by atoms with van der Waals surface area (Å²) >= 11 is 1.37. The molecule has 2 nitrogen and oxygen atoms in total. The summed E-state index contributed by atoms with van der Waals surface area (Å²) in [6.07, 6.45) is 0.201. The molecule has 0 aliphatic heterocycles. The van der Waals surface area contributed by atoms with Gasteiger partial charge in [0.15, 0.2) is 0 Å². The second-order valence-electron chi connectivity index (χ2n) is 3.58. The van der Waals surface area contributed by atoms with Crippen molar-refractivity contribution >= 4 is 17.7 Å². The highest BCUT2D eigenvalue weighted by Crippen LogP contribution is 2.25. The molecule has 0 saturated carbocycles. The van der Waals surface area contributed by atoms with Gasteiger partial charge in [0.1, 0.15) is 0 Å². The van der Waals surface area contributed by atoms with Gasteiger partial charge < -0.3 is 4.74 Å². The lowest BCUT2D eigenvalue weighted by Crippen LogP contribution is -2.18. The lowest BCUT2D eigenvalue weighted by atomic mass is 10.1. The summed E-state index contributed by atoms with van der Waals surface area (Å²) in [6.45, 7) is 5.32. The van der Waals surface area contributed by atoms with Gasteiger partial charge >= 0.3 is 5.97 Å². The van der Waals surface area contributed by atoms with Crippen LogP contribution >= 0.6 is 11.8 Å². The van der Waals surface area contributed by atoms with Crippen LogP contribution in [0.5, 0.6) is 0 Å². The van der Waals surface area contributed by atoms with Crippen molar-refractivity contribution in [3.63, 3.8) is 0 Å². The Balaban J connectivity index is 3.62. The molecule has 0 heterocycles. The normalized spacial score (nSPS) is 13.6. The molecule has 0 saturated heterocycles. The maximum Gasteiger partial charge on any atom is 0.318 e. The molecule has 96 valence electrons. The quantitative estimate of drug-likeness (QED) is 0.490. The third-order valence-corrected chi connectivity index (χ3v) is 3.41. The first-order valence-corrected chi connectivity index (χ1v) is 6.64. The molecule has 0 amide bonds. The molecule has 0 aliphatic carbocycles. The van der Waals surface area contributed by atoms with E-state index >= 15 is 0 Å². The van der Waals surface area contributed by atoms with Gasteiger partial charge in [0.25, 0.3) is 0 Å². The molecule has 1 unspecified atom stereocenters. The Morgan fingerprint density at radius 1 is 1.44 bits per heavy atom. The molecule has 0 rings (SSSR count). The van der Waals surface area contributed by atoms with Gasteiger partial charge in [-0.15, -0.1) is 11.8 Å². The van der Waals surface area contributed by atoms with Crippen LogP contribution < -0.4 is 0 Å². The zero-order chi connectivity index (χ0) is 12.6. The topological polar surface area (TPSA) is 26.3 Å². The number of esters is 1. The number of thioether (sulfide) groups is 1. The minimum atomic E-state index is -2.56. The smallest absolute Gasteiger partial charge is 0.318 e. The number of hydrogen-bond acceptors (Lipinski definition) is 3. The molecule has 0 fully saturated rings. The van der Waals surface area contributed by atoms with Crippen molar-refractivity contribution in [2.75, 3.05) is 12.4 Å². The Kier molecular flexibility index (Phi) is 7.72. The maximum atomic E-state index is 12.9. The van der Waals surface area contributed by atoms with Crippen LogP contribution in [0.15, 0.2) is 0 Å². The summed E-state index contributed by atoms with van der Waals surface area (Å²) in [5, 5.41) is -0.268. The SMILES string of the molecule is CCOC(=O)C(C)SCCCC(F)(F)CC. The molecule has 1 atom stereocenters. The molecule has 0 N–H and O–H groups in total. The highest BCUT2D eigenvalue weighted by molar-refractivity contribution is 8.00. The van der Waals surface area contributed by atoms with Crippen LogP contribution in [0.25, 0.3) is 0 Å². The fourth-order valence-electron chi connectivity index (χ4n) is 1.10. The van der Waals surface area contributed by atoms with Crippen molar-refractivity contribution < 1.29 is 18.3 Å². The minimum absolute atomic E-state index is 0.105. The average molecular weight is 254 g/mol. The highest BCUT2D eigenvalue weighted by Gasteiger charge is 2.25. The molecule has 5 heteroatoms. The number of halogens is 2. The summed E-state index contributed by atoms with van der Waals surface area (Å²) < 4.78 is 30.5. The average Bonchev–Trinajstić information content (AvgIpc) is 2.24. The molecule has 16 heavy (non-hydrogen) atoms. The maximum absolute atomic E-state index is 12.9. The Morgan fingerprint density at radius 2 is 2.06 bits per heavy atom. The molecule has 0 spiro atoms. The first-order valence-electron chi connectivity index (χ1n) is 5.59. The number of ether oxygens (including phenoxy) is 1. The third kappa shape index (κ3) is 7.04. The van der Waals surface area contributed by atoms with E-state index in [-0.39, 0.29) is 24.1 Å². The van der Waals surface area contributed by atoms with E-state index in [4.69, 9.17) is 4.74 Å². The van der Waals surface area contributed by atoms with E-state index in [0.717, 1.165) is 0 Å². The van der Waals surface area contributed by atoms with E-state index in [0.29, 0.717) is 18.8 Å². The van der Waals surface area contributed by atoms with Crippen LogP contribution in [0, 0.1) is 0 Å². The summed E-state index contributed by atoms with van der Waals surface area (Å²) in [6, 6.07) is 0. The molecule has 0 aromatic heterocycles. The number of alkyl halides is 2. The van der Waals surface area contributed by atoms with Crippen LogP contribution in [0.2, 0.25) is 0 Å². The zero-order valence-corrected chi connectivity index (χ0v) is 10.9. The van der Waals surface area contributed by atoms with Gasteiger partial charge in [0, 0.05) is 12.8 Å². The lowest BCUT2D eigenvalue weighted by molar-refractivity contribution is -0.142. The monoisotopic (exact) mass is 254 g/mol. The van der Waals surface area contributed by atoms with E-state index in [2.05, 4.69) is 0 Å². The number of hydrogen-bond donors (Lipinski definition) is 0. The van der Waals surface area contributed by atoms with Crippen molar-refractivity contribution in [2.45, 2.75) is 51.2 Å². The summed E-state index contributed by atoms with van der Waals surface area (Å²) in [5.74, 6) is -2.27. The first kappa shape index (κ1) is 15.7. The van der Waals surface area contributed by atoms with Crippen molar-refractivity contribution in [1.82, 2.24) is 0 Å². The molecular weight excluding hydrogens is 234 g/mol. The van der Waals surface area contributed by atoms with E-state index < -0.39 is 5.92 Å². The van der Waals surface area contributed by atoms with E-state index in [1.165, 1.54) is 18.7 Å². The largest absolute Gasteiger partial charge is 0.465 e. The van der Waals surface area contributed by atoms with Gasteiger partial charge in [-0.1, -0.05) is 6.92 Å². The Labute approximate surface area is 100 Å². The van der Waals surface area contributed by atoms with Gasteiger partial charge in [-0.05, 0) is 26.0 Å². The lowest BCUT2D eigenvalue weighted by Gasteiger charge is -2.14. The highest BCUT2D eigenvalue weighted by atomic mass is 32.2. The first-order chi connectivity index (χ1) is 7.43. The standard InChI is InChI=1S/C11H20F2O2S/c1-4-11(12,13)7-6-8-16-9(3)10(14)15-5-2/h9H,4-8H2,1-3H3. The predicted octanol–water partition coefficient (Wildman–Crippen LogP) is 3.50. The second-order valence-corrected chi connectivity index (χ2v) is 5.03. The van der Waals surface area contributed by atoms with Crippen molar-refractivity contribution in [3.05, 3.63) is 0 Å². The van der Waals surface area contributed by atoms with Crippen molar-refractivity contribution in [3.8, 4) is 0 Å². The van der Waals surface area contributed by atoms with Crippen LogP contribution in [0.3, 0.4) is 0 Å². The van der Waals surface area contributed by atoms with Crippen molar-refractivity contribution in [2.24, 2.45) is 0 Å². The number of carbonyl (C=O) groups is 1. The molecular formula is C11H20F2O2S. The van der Waals surface area contributed by atoms with Crippen LogP contribution in [0.1, 0.15) is 40.0 Å². The van der Waals surface area contributed by atoms with Gasteiger partial charge in [0.2, 0.25) is 5.92 Å². The Bertz CT molecular complexity index is 210. The van der Waals surface area contributed by atoms with Gasteiger partial charge in [-0.3, -0.25) is 4.79 Å². The van der Waals surface area contributed by atoms with Gasteiger partial charge in [0.05, 0.1) is 11.9 Å². The molecule has 0 bridgehead atoms. The number of rotatable bonds is 8. The molecule has 0 aromatic carbocycles. The van der Waals surface area contributed by atoms with E-state index in [1.54, 1.807) is 13.8 Å². The Hall–Kier alpha value is -0.320. The van der Waals surface area contributed by atoms with Crippen LogP contribution in [0.4, 0.5) is 8.78 Å². The fourth-order valence-corrected chi connectivity index (χ4v) is 1.96. The third-order valence-electron chi connectivity index (χ3n) is 2.19. The summed E-state index contributed by atoms with van der Waals surface area (Å²) in [7, 11) is 0. The van der Waals surface area contributed by atoms with Crippen LogP contribution in [-0.4, -0.2) is 29.5 Å². The zero-order valence-electron chi connectivity index (χ0n) is 10.1. The summed E-state index contributed by atoms with van der Waals surface area (Å²) in [4.78, 5) is 11.2. The van der Waals surface area contributed by atoms with Gasteiger partial charge in [-0.2, -0.15) is 0 Å². The fraction of sp³-hybridized carbons (Fsp3) is 0.909. The van der Waals surface area contributed by atoms with E-state index in [9.17, 15) is 13.6 Å². The molecule has 0 aliphatic rings. The molecule has 0 radical (unpaired) electrons. The molecule has 0 aromatic rings. The summed E-state index contributed by atoms with van der Waals surface area (Å²) in [5.41, 5.74) is 0. The minimum Gasteiger partial charge on any atom is -0.465 e. The predicted molar refractivity (Wildman–Crippen MR) is 63.0 cm³/mol. The van der Waals surface area contributed by atoms with E-state index in [1.807, 2.05) is 0 Å². The van der Waals surface area contributed by atoms with Crippen molar-refractivity contribution in [1.29, 1.82) is 0 Å². The Morgan fingerprint density at radius 3 is 2.56 bits per heavy atom. The second kappa shape index (κ2) is 7.87. The van der Waals surface area contributed by atoms with Crippen LogP contribution in [-0.2, 0) is 9.53 Å². The number of carbonyl (C=O) groups excluding carboxylic acids is 1. The van der Waals surface area contributed by atoms with Gasteiger partial charge in [-0.25, -0.2) is 8.78 Å².